The summed E-state index contributed by atoms with van der Waals surface area (Å²) >= 11 is 8.51. The predicted octanol–water partition coefficient (Wildman–Crippen LogP) is 4.99. The molecule has 0 saturated heterocycles. The van der Waals surface area contributed by atoms with Crippen molar-refractivity contribution in [3.05, 3.63) is 71.8 Å². The van der Waals surface area contributed by atoms with Crippen LogP contribution >= 0.6 is 25.3 Å². The van der Waals surface area contributed by atoms with Crippen LogP contribution in [0.3, 0.4) is 0 Å². The van der Waals surface area contributed by atoms with Crippen LogP contribution in [-0.4, -0.2) is 0 Å². The van der Waals surface area contributed by atoms with E-state index in [0.29, 0.717) is 0 Å². The van der Waals surface area contributed by atoms with Crippen molar-refractivity contribution in [1.29, 1.82) is 0 Å². The standard InChI is InChI=1S/C16H14S2/c17-15-9-5-13(6-10-15)3-1-2-4-14-7-11-16(18)12-8-14/h1-12,17-18H/b3-1+,4-2+. The lowest BCUT2D eigenvalue weighted by molar-refractivity contribution is 1.46. The lowest BCUT2D eigenvalue weighted by Crippen LogP contribution is -1.71. The van der Waals surface area contributed by atoms with Crippen molar-refractivity contribution in [3.8, 4) is 0 Å². The van der Waals surface area contributed by atoms with Crippen LogP contribution in [0.1, 0.15) is 11.1 Å². The fourth-order valence-electron chi connectivity index (χ4n) is 1.50. The second-order valence-electron chi connectivity index (χ2n) is 3.90. The minimum absolute atomic E-state index is 0.981. The van der Waals surface area contributed by atoms with E-state index in [1.807, 2.05) is 60.7 Å². The first-order valence-corrected chi connectivity index (χ1v) is 6.56. The van der Waals surface area contributed by atoms with E-state index in [0.717, 1.165) is 9.79 Å². The topological polar surface area (TPSA) is 0 Å². The molecule has 0 aliphatic carbocycles. The first-order chi connectivity index (χ1) is 8.74. The Morgan fingerprint density at radius 2 is 0.889 bits per heavy atom. The Kier molecular flexibility index (Phi) is 4.73. The van der Waals surface area contributed by atoms with Gasteiger partial charge in [0.25, 0.3) is 0 Å². The average Bonchev–Trinajstić information content (AvgIpc) is 2.39. The normalized spacial score (nSPS) is 11.4. The Bertz CT molecular complexity index is 495. The molecule has 2 aromatic carbocycles. The molecule has 0 saturated carbocycles. The predicted molar refractivity (Wildman–Crippen MR) is 85.5 cm³/mol. The quantitative estimate of drug-likeness (QED) is 0.569. The third-order valence-electron chi connectivity index (χ3n) is 2.47. The molecule has 0 atom stereocenters. The summed E-state index contributed by atoms with van der Waals surface area (Å²) in [5.74, 6) is 0. The van der Waals surface area contributed by atoms with E-state index in [9.17, 15) is 0 Å². The van der Waals surface area contributed by atoms with Gasteiger partial charge in [0, 0.05) is 9.79 Å². The van der Waals surface area contributed by atoms with E-state index >= 15 is 0 Å². The van der Waals surface area contributed by atoms with Crippen molar-refractivity contribution in [3.63, 3.8) is 0 Å². The SMILES string of the molecule is Sc1ccc(/C=C/C=C/c2ccc(S)cc2)cc1. The molecule has 0 heterocycles. The van der Waals surface area contributed by atoms with Gasteiger partial charge in [0.2, 0.25) is 0 Å². The zero-order valence-electron chi connectivity index (χ0n) is 9.82. The van der Waals surface area contributed by atoms with Crippen molar-refractivity contribution < 1.29 is 0 Å². The molecular formula is C16H14S2. The second-order valence-corrected chi connectivity index (χ2v) is 4.93. The highest BCUT2D eigenvalue weighted by atomic mass is 32.1. The van der Waals surface area contributed by atoms with Gasteiger partial charge >= 0.3 is 0 Å². The molecule has 2 heteroatoms. The van der Waals surface area contributed by atoms with Crippen molar-refractivity contribution >= 4 is 37.4 Å². The molecule has 2 aromatic rings. The monoisotopic (exact) mass is 270 g/mol. The summed E-state index contributed by atoms with van der Waals surface area (Å²) in [6.45, 7) is 0. The molecule has 0 amide bonds. The Morgan fingerprint density at radius 1 is 0.556 bits per heavy atom. The van der Waals surface area contributed by atoms with E-state index in [1.54, 1.807) is 0 Å². The Hall–Kier alpha value is -1.38. The number of thiol groups is 2. The lowest BCUT2D eigenvalue weighted by Gasteiger charge is -1.94. The highest BCUT2D eigenvalue weighted by molar-refractivity contribution is 7.80. The summed E-state index contributed by atoms with van der Waals surface area (Å²) in [6.07, 6.45) is 8.19. The van der Waals surface area contributed by atoms with E-state index < -0.39 is 0 Å². The molecular weight excluding hydrogens is 256 g/mol. The summed E-state index contributed by atoms with van der Waals surface area (Å²) in [4.78, 5) is 1.96. The van der Waals surface area contributed by atoms with Gasteiger partial charge in [-0.05, 0) is 35.4 Å². The van der Waals surface area contributed by atoms with Crippen LogP contribution in [0.2, 0.25) is 0 Å². The minimum atomic E-state index is 0.981. The van der Waals surface area contributed by atoms with Crippen molar-refractivity contribution in [2.75, 3.05) is 0 Å². The van der Waals surface area contributed by atoms with Crippen LogP contribution < -0.4 is 0 Å². The highest BCUT2D eigenvalue weighted by Crippen LogP contribution is 2.11. The molecule has 18 heavy (non-hydrogen) atoms. The number of benzene rings is 2. The Labute approximate surface area is 119 Å². The number of rotatable bonds is 3. The zero-order valence-corrected chi connectivity index (χ0v) is 11.6. The molecule has 0 radical (unpaired) electrons. The molecule has 0 aliphatic rings. The molecule has 2 rings (SSSR count). The Balaban J connectivity index is 1.98. The van der Waals surface area contributed by atoms with Gasteiger partial charge in [-0.2, -0.15) is 0 Å². The summed E-state index contributed by atoms with van der Waals surface area (Å²) in [6, 6.07) is 16.1. The minimum Gasteiger partial charge on any atom is -0.143 e. The highest BCUT2D eigenvalue weighted by Gasteiger charge is 1.86. The first-order valence-electron chi connectivity index (χ1n) is 5.67. The summed E-state index contributed by atoms with van der Waals surface area (Å²) in [5.41, 5.74) is 2.34. The Morgan fingerprint density at radius 3 is 1.22 bits per heavy atom. The van der Waals surface area contributed by atoms with Crippen molar-refractivity contribution in [2.45, 2.75) is 9.79 Å². The van der Waals surface area contributed by atoms with E-state index in [1.165, 1.54) is 11.1 Å². The second kappa shape index (κ2) is 6.53. The van der Waals surface area contributed by atoms with Crippen LogP contribution in [0.4, 0.5) is 0 Å². The molecule has 0 unspecified atom stereocenters. The van der Waals surface area contributed by atoms with Gasteiger partial charge in [0.05, 0.1) is 0 Å². The first kappa shape index (κ1) is 13.1. The van der Waals surface area contributed by atoms with Crippen LogP contribution in [0, 0.1) is 0 Å². The number of hydrogen-bond acceptors (Lipinski definition) is 2. The third-order valence-corrected chi connectivity index (χ3v) is 3.07. The van der Waals surface area contributed by atoms with Crippen LogP contribution in [0.25, 0.3) is 12.2 Å². The van der Waals surface area contributed by atoms with Crippen LogP contribution in [0.15, 0.2) is 70.5 Å². The van der Waals surface area contributed by atoms with Gasteiger partial charge < -0.3 is 0 Å². The smallest absolute Gasteiger partial charge is 0.00403 e. The lowest BCUT2D eigenvalue weighted by atomic mass is 10.2. The van der Waals surface area contributed by atoms with Crippen LogP contribution in [0.5, 0.6) is 0 Å². The molecule has 0 nitrogen and oxygen atoms in total. The summed E-state index contributed by atoms with van der Waals surface area (Å²) in [5, 5.41) is 0. The van der Waals surface area contributed by atoms with Gasteiger partial charge in [-0.3, -0.25) is 0 Å². The van der Waals surface area contributed by atoms with Gasteiger partial charge in [0.15, 0.2) is 0 Å². The van der Waals surface area contributed by atoms with Gasteiger partial charge in [-0.15, -0.1) is 25.3 Å². The van der Waals surface area contributed by atoms with Gasteiger partial charge in [-0.25, -0.2) is 0 Å². The van der Waals surface area contributed by atoms with Gasteiger partial charge in [0.1, 0.15) is 0 Å². The fourth-order valence-corrected chi connectivity index (χ4v) is 1.80. The third kappa shape index (κ3) is 4.13. The zero-order chi connectivity index (χ0) is 12.8. The maximum absolute atomic E-state index is 4.25. The molecule has 90 valence electrons. The summed E-state index contributed by atoms with van der Waals surface area (Å²) in [7, 11) is 0. The van der Waals surface area contributed by atoms with E-state index in [2.05, 4.69) is 37.4 Å². The van der Waals surface area contributed by atoms with E-state index in [4.69, 9.17) is 0 Å². The molecule has 0 fully saturated rings. The molecule has 0 bridgehead atoms. The molecule has 0 spiro atoms. The molecule has 0 aromatic heterocycles. The van der Waals surface area contributed by atoms with Crippen molar-refractivity contribution in [1.82, 2.24) is 0 Å². The van der Waals surface area contributed by atoms with E-state index in [-0.39, 0.29) is 0 Å². The summed E-state index contributed by atoms with van der Waals surface area (Å²) < 4.78 is 0. The molecule has 0 aliphatic heterocycles. The largest absolute Gasteiger partial charge is 0.143 e. The fraction of sp³-hybridized carbons (Fsp3) is 0. The number of allylic oxidation sites excluding steroid dienone is 2. The molecule has 0 N–H and O–H groups in total. The average molecular weight is 270 g/mol. The van der Waals surface area contributed by atoms with Crippen LogP contribution in [-0.2, 0) is 0 Å². The van der Waals surface area contributed by atoms with Gasteiger partial charge in [-0.1, -0.05) is 48.6 Å². The maximum Gasteiger partial charge on any atom is 0.00403 e. The maximum atomic E-state index is 4.25. The number of hydrogen-bond donors (Lipinski definition) is 2. The van der Waals surface area contributed by atoms with Crippen molar-refractivity contribution in [2.24, 2.45) is 0 Å².